The summed E-state index contributed by atoms with van der Waals surface area (Å²) < 4.78 is 5.53. The summed E-state index contributed by atoms with van der Waals surface area (Å²) in [7, 11) is 0. The van der Waals surface area contributed by atoms with Crippen LogP contribution in [0.2, 0.25) is 0 Å². The molecule has 4 heteroatoms. The second kappa shape index (κ2) is 3.88. The Morgan fingerprint density at radius 1 is 1.33 bits per heavy atom. The quantitative estimate of drug-likeness (QED) is 0.555. The molecular formula is C11H15NO3. The van der Waals surface area contributed by atoms with E-state index < -0.39 is 10.5 Å². The van der Waals surface area contributed by atoms with Crippen LogP contribution in [0, 0.1) is 17.0 Å². The largest absolute Gasteiger partial charge is 0.481 e. The summed E-state index contributed by atoms with van der Waals surface area (Å²) in [5, 5.41) is 10.9. The standard InChI is InChI=1S/C11H15NO3/c1-8-6-5-7-9(10(8)12(13)14)15-11(2,3)4/h5-7H,1-4H3. The molecule has 0 unspecified atom stereocenters. The number of nitrogens with zero attached hydrogens (tertiary/aromatic N) is 1. The lowest BCUT2D eigenvalue weighted by molar-refractivity contribution is -0.386. The van der Waals surface area contributed by atoms with Crippen LogP contribution in [-0.2, 0) is 0 Å². The van der Waals surface area contributed by atoms with Crippen LogP contribution >= 0.6 is 0 Å². The molecule has 1 rings (SSSR count). The van der Waals surface area contributed by atoms with Crippen molar-refractivity contribution in [3.05, 3.63) is 33.9 Å². The maximum absolute atomic E-state index is 10.9. The number of rotatable bonds is 2. The van der Waals surface area contributed by atoms with Crippen molar-refractivity contribution in [1.82, 2.24) is 0 Å². The molecule has 1 aromatic carbocycles. The molecule has 0 fully saturated rings. The minimum Gasteiger partial charge on any atom is -0.481 e. The van der Waals surface area contributed by atoms with Crippen molar-refractivity contribution in [2.75, 3.05) is 0 Å². The number of aryl methyl sites for hydroxylation is 1. The van der Waals surface area contributed by atoms with Crippen LogP contribution in [0.5, 0.6) is 5.75 Å². The molecule has 0 bridgehead atoms. The monoisotopic (exact) mass is 209 g/mol. The van der Waals surface area contributed by atoms with E-state index in [1.54, 1.807) is 25.1 Å². The first-order valence-electron chi connectivity index (χ1n) is 4.74. The molecule has 0 aromatic heterocycles. The van der Waals surface area contributed by atoms with Gasteiger partial charge in [0.2, 0.25) is 0 Å². The lowest BCUT2D eigenvalue weighted by atomic mass is 10.1. The van der Waals surface area contributed by atoms with Gasteiger partial charge >= 0.3 is 5.69 Å². The third-order valence-corrected chi connectivity index (χ3v) is 1.80. The zero-order chi connectivity index (χ0) is 11.6. The van der Waals surface area contributed by atoms with Crippen molar-refractivity contribution in [3.63, 3.8) is 0 Å². The molecule has 0 atom stereocenters. The Kier molecular flexibility index (Phi) is 2.98. The Morgan fingerprint density at radius 3 is 2.40 bits per heavy atom. The van der Waals surface area contributed by atoms with Gasteiger partial charge in [-0.1, -0.05) is 12.1 Å². The Morgan fingerprint density at radius 2 is 1.93 bits per heavy atom. The molecule has 1 aromatic rings. The van der Waals surface area contributed by atoms with E-state index in [9.17, 15) is 10.1 Å². The number of nitro groups is 1. The third-order valence-electron chi connectivity index (χ3n) is 1.80. The van der Waals surface area contributed by atoms with Gasteiger partial charge in [0.15, 0.2) is 5.75 Å². The second-order valence-corrected chi connectivity index (χ2v) is 4.39. The number of hydrogen-bond donors (Lipinski definition) is 0. The van der Waals surface area contributed by atoms with E-state index in [1.807, 2.05) is 20.8 Å². The number of ether oxygens (including phenoxy) is 1. The zero-order valence-corrected chi connectivity index (χ0v) is 9.40. The summed E-state index contributed by atoms with van der Waals surface area (Å²) in [6, 6.07) is 5.08. The van der Waals surface area contributed by atoms with Gasteiger partial charge in [-0.05, 0) is 33.8 Å². The molecule has 0 spiro atoms. The Balaban J connectivity index is 3.18. The molecule has 0 saturated carbocycles. The molecule has 0 saturated heterocycles. The van der Waals surface area contributed by atoms with E-state index in [1.165, 1.54) is 0 Å². The van der Waals surface area contributed by atoms with Gasteiger partial charge in [-0.25, -0.2) is 0 Å². The number of hydrogen-bond acceptors (Lipinski definition) is 3. The smallest absolute Gasteiger partial charge is 0.313 e. The fourth-order valence-electron chi connectivity index (χ4n) is 1.28. The van der Waals surface area contributed by atoms with E-state index in [0.717, 1.165) is 0 Å². The topological polar surface area (TPSA) is 52.4 Å². The average Bonchev–Trinajstić information content (AvgIpc) is 1.99. The van der Waals surface area contributed by atoms with E-state index >= 15 is 0 Å². The summed E-state index contributed by atoms with van der Waals surface area (Å²) in [5.74, 6) is 0.326. The van der Waals surface area contributed by atoms with Crippen molar-refractivity contribution in [3.8, 4) is 5.75 Å². The SMILES string of the molecule is Cc1cccc(OC(C)(C)C)c1[N+](=O)[O-]. The highest BCUT2D eigenvalue weighted by Gasteiger charge is 2.22. The second-order valence-electron chi connectivity index (χ2n) is 4.39. The fourth-order valence-corrected chi connectivity index (χ4v) is 1.28. The van der Waals surface area contributed by atoms with Crippen molar-refractivity contribution >= 4 is 5.69 Å². The van der Waals surface area contributed by atoms with Crippen LogP contribution in [0.25, 0.3) is 0 Å². The molecule has 0 radical (unpaired) electrons. The molecule has 4 nitrogen and oxygen atoms in total. The predicted octanol–water partition coefficient (Wildman–Crippen LogP) is 3.08. The van der Waals surface area contributed by atoms with Crippen LogP contribution < -0.4 is 4.74 Å². The molecule has 0 aliphatic carbocycles. The van der Waals surface area contributed by atoms with E-state index in [4.69, 9.17) is 4.74 Å². The third kappa shape index (κ3) is 2.94. The van der Waals surface area contributed by atoms with Crippen molar-refractivity contribution in [1.29, 1.82) is 0 Å². The van der Waals surface area contributed by atoms with Gasteiger partial charge in [0.1, 0.15) is 5.60 Å². The minimum absolute atomic E-state index is 0.0485. The summed E-state index contributed by atoms with van der Waals surface area (Å²) in [6.07, 6.45) is 0. The molecule has 0 aliphatic rings. The molecule has 0 N–H and O–H groups in total. The summed E-state index contributed by atoms with van der Waals surface area (Å²) in [5.41, 5.74) is 0.229. The molecular weight excluding hydrogens is 194 g/mol. The summed E-state index contributed by atoms with van der Waals surface area (Å²) >= 11 is 0. The van der Waals surface area contributed by atoms with Crippen LogP contribution in [-0.4, -0.2) is 10.5 Å². The van der Waals surface area contributed by atoms with Gasteiger partial charge < -0.3 is 4.74 Å². The van der Waals surface area contributed by atoms with Gasteiger partial charge in [-0.3, -0.25) is 10.1 Å². The average molecular weight is 209 g/mol. The maximum atomic E-state index is 10.9. The summed E-state index contributed by atoms with van der Waals surface area (Å²) in [4.78, 5) is 10.4. The Hall–Kier alpha value is -1.58. The van der Waals surface area contributed by atoms with Gasteiger partial charge in [0, 0.05) is 5.56 Å². The van der Waals surface area contributed by atoms with E-state index in [0.29, 0.717) is 11.3 Å². The van der Waals surface area contributed by atoms with Gasteiger partial charge in [0.25, 0.3) is 0 Å². The lowest BCUT2D eigenvalue weighted by Gasteiger charge is -2.21. The van der Waals surface area contributed by atoms with Crippen LogP contribution in [0.15, 0.2) is 18.2 Å². The highest BCUT2D eigenvalue weighted by atomic mass is 16.6. The number of nitro benzene ring substituents is 1. The van der Waals surface area contributed by atoms with Gasteiger partial charge in [0.05, 0.1) is 4.92 Å². The first-order chi connectivity index (χ1) is 6.81. The molecule has 0 heterocycles. The van der Waals surface area contributed by atoms with E-state index in [-0.39, 0.29) is 5.69 Å². The fraction of sp³-hybridized carbons (Fsp3) is 0.455. The summed E-state index contributed by atoms with van der Waals surface area (Å²) in [6.45, 7) is 7.28. The Labute approximate surface area is 89.0 Å². The maximum Gasteiger partial charge on any atom is 0.313 e. The first kappa shape index (κ1) is 11.5. The van der Waals surface area contributed by atoms with Crippen molar-refractivity contribution in [2.45, 2.75) is 33.3 Å². The molecule has 82 valence electrons. The van der Waals surface area contributed by atoms with Gasteiger partial charge in [-0.2, -0.15) is 0 Å². The first-order valence-corrected chi connectivity index (χ1v) is 4.74. The highest BCUT2D eigenvalue weighted by Crippen LogP contribution is 2.32. The van der Waals surface area contributed by atoms with Crippen LogP contribution in [0.1, 0.15) is 26.3 Å². The van der Waals surface area contributed by atoms with E-state index in [2.05, 4.69) is 0 Å². The Bertz CT molecular complexity index is 380. The highest BCUT2D eigenvalue weighted by molar-refractivity contribution is 5.52. The van der Waals surface area contributed by atoms with Crippen LogP contribution in [0.3, 0.4) is 0 Å². The van der Waals surface area contributed by atoms with Crippen molar-refractivity contribution < 1.29 is 9.66 Å². The lowest BCUT2D eigenvalue weighted by Crippen LogP contribution is -2.23. The normalized spacial score (nSPS) is 11.2. The van der Waals surface area contributed by atoms with Crippen molar-refractivity contribution in [2.24, 2.45) is 0 Å². The number of benzene rings is 1. The van der Waals surface area contributed by atoms with Gasteiger partial charge in [-0.15, -0.1) is 0 Å². The molecule has 0 amide bonds. The minimum atomic E-state index is -0.432. The number of para-hydroxylation sites is 1. The zero-order valence-electron chi connectivity index (χ0n) is 9.40. The van der Waals surface area contributed by atoms with Crippen LogP contribution in [0.4, 0.5) is 5.69 Å². The predicted molar refractivity (Wildman–Crippen MR) is 58.2 cm³/mol. The molecule has 15 heavy (non-hydrogen) atoms. The molecule has 0 aliphatic heterocycles.